The van der Waals surface area contributed by atoms with Gasteiger partial charge < -0.3 is 5.32 Å². The van der Waals surface area contributed by atoms with Gasteiger partial charge in [0.2, 0.25) is 0 Å². The van der Waals surface area contributed by atoms with Crippen molar-refractivity contribution >= 4 is 15.9 Å². The van der Waals surface area contributed by atoms with Crippen LogP contribution in [0.1, 0.15) is 24.6 Å². The Morgan fingerprint density at radius 1 is 1.50 bits per heavy atom. The summed E-state index contributed by atoms with van der Waals surface area (Å²) < 4.78 is 39.4. The molecule has 1 N–H and O–H groups in total. The van der Waals surface area contributed by atoms with Crippen LogP contribution in [0.5, 0.6) is 0 Å². The molecular weight excluding hydrogens is 287 g/mol. The molecular formula is C9H11BrF3N3. The van der Waals surface area contributed by atoms with Gasteiger partial charge in [0.15, 0.2) is 5.69 Å². The molecule has 1 saturated heterocycles. The Labute approximate surface area is 99.1 Å². The molecule has 0 saturated carbocycles. The Balaban J connectivity index is 2.33. The van der Waals surface area contributed by atoms with E-state index < -0.39 is 11.9 Å². The van der Waals surface area contributed by atoms with Gasteiger partial charge in [-0.05, 0) is 35.3 Å². The molecule has 1 aromatic heterocycles. The van der Waals surface area contributed by atoms with Gasteiger partial charge in [0.1, 0.15) is 0 Å². The molecule has 0 amide bonds. The van der Waals surface area contributed by atoms with E-state index in [-0.39, 0.29) is 10.5 Å². The van der Waals surface area contributed by atoms with Crippen LogP contribution in [0.3, 0.4) is 0 Å². The Bertz CT molecular complexity index is 369. The zero-order valence-electron chi connectivity index (χ0n) is 8.39. The zero-order chi connectivity index (χ0) is 11.8. The van der Waals surface area contributed by atoms with Gasteiger partial charge in [-0.1, -0.05) is 0 Å². The van der Waals surface area contributed by atoms with Crippen molar-refractivity contribution in [3.8, 4) is 0 Å². The number of nitrogens with one attached hydrogen (secondary N) is 1. The third-order valence-corrected chi connectivity index (χ3v) is 3.22. The molecule has 1 aliphatic heterocycles. The number of alkyl halides is 3. The Hall–Kier alpha value is -0.560. The number of piperidine rings is 1. The lowest BCUT2D eigenvalue weighted by molar-refractivity contribution is -0.145. The quantitative estimate of drug-likeness (QED) is 0.863. The van der Waals surface area contributed by atoms with E-state index in [0.29, 0.717) is 6.54 Å². The van der Waals surface area contributed by atoms with Crippen molar-refractivity contribution in [1.29, 1.82) is 0 Å². The summed E-state index contributed by atoms with van der Waals surface area (Å²) in [7, 11) is 0. The van der Waals surface area contributed by atoms with E-state index >= 15 is 0 Å². The van der Waals surface area contributed by atoms with Crippen LogP contribution in [0, 0.1) is 0 Å². The standard InChI is InChI=1S/C9H11BrF3N3/c10-7-5-15-16(8(7)9(11,12)13)6-2-1-3-14-4-6/h5-6,14H,1-4H2. The van der Waals surface area contributed by atoms with Gasteiger partial charge in [-0.15, -0.1) is 0 Å². The molecule has 1 atom stereocenters. The van der Waals surface area contributed by atoms with Gasteiger partial charge in [-0.2, -0.15) is 18.3 Å². The molecule has 0 aromatic carbocycles. The first-order chi connectivity index (χ1) is 7.50. The van der Waals surface area contributed by atoms with Gasteiger partial charge in [0.25, 0.3) is 0 Å². The average Bonchev–Trinajstić information content (AvgIpc) is 2.61. The molecule has 1 fully saturated rings. The van der Waals surface area contributed by atoms with Crippen molar-refractivity contribution in [1.82, 2.24) is 15.1 Å². The van der Waals surface area contributed by atoms with E-state index in [2.05, 4.69) is 26.3 Å². The van der Waals surface area contributed by atoms with Crippen molar-refractivity contribution < 1.29 is 13.2 Å². The van der Waals surface area contributed by atoms with Crippen LogP contribution in [0.2, 0.25) is 0 Å². The summed E-state index contributed by atoms with van der Waals surface area (Å²) in [6.07, 6.45) is -1.56. The van der Waals surface area contributed by atoms with Crippen LogP contribution in [0.15, 0.2) is 10.7 Å². The maximum atomic E-state index is 12.8. The average molecular weight is 298 g/mol. The summed E-state index contributed by atoms with van der Waals surface area (Å²) in [5.74, 6) is 0. The lowest BCUT2D eigenvalue weighted by atomic mass is 10.1. The van der Waals surface area contributed by atoms with Gasteiger partial charge in [-0.25, -0.2) is 0 Å². The second-order valence-electron chi connectivity index (χ2n) is 3.78. The fourth-order valence-corrected chi connectivity index (χ4v) is 2.42. The summed E-state index contributed by atoms with van der Waals surface area (Å²) in [6, 6.07) is -0.211. The minimum atomic E-state index is -4.37. The van der Waals surface area contributed by atoms with Crippen LogP contribution in [0.4, 0.5) is 13.2 Å². The lowest BCUT2D eigenvalue weighted by Crippen LogP contribution is -2.34. The van der Waals surface area contributed by atoms with E-state index in [0.717, 1.165) is 24.1 Å². The molecule has 0 aliphatic carbocycles. The molecule has 1 aliphatic rings. The van der Waals surface area contributed by atoms with Crippen molar-refractivity contribution in [3.05, 3.63) is 16.4 Å². The minimum Gasteiger partial charge on any atom is -0.315 e. The molecule has 2 rings (SSSR count). The van der Waals surface area contributed by atoms with Gasteiger partial charge >= 0.3 is 6.18 Å². The van der Waals surface area contributed by atoms with E-state index in [9.17, 15) is 13.2 Å². The summed E-state index contributed by atoms with van der Waals surface area (Å²) in [5.41, 5.74) is -0.693. The third kappa shape index (κ3) is 2.24. The van der Waals surface area contributed by atoms with Crippen LogP contribution in [-0.4, -0.2) is 22.9 Å². The van der Waals surface area contributed by atoms with Crippen molar-refractivity contribution in [2.24, 2.45) is 0 Å². The molecule has 0 spiro atoms. The van der Waals surface area contributed by atoms with Gasteiger partial charge in [0, 0.05) is 6.54 Å². The fourth-order valence-electron chi connectivity index (χ4n) is 1.93. The lowest BCUT2D eigenvalue weighted by Gasteiger charge is -2.25. The maximum absolute atomic E-state index is 12.8. The van der Waals surface area contributed by atoms with Crippen LogP contribution in [-0.2, 0) is 6.18 Å². The molecule has 7 heteroatoms. The molecule has 2 heterocycles. The first-order valence-electron chi connectivity index (χ1n) is 5.01. The maximum Gasteiger partial charge on any atom is 0.434 e. The Morgan fingerprint density at radius 2 is 2.25 bits per heavy atom. The molecule has 90 valence electrons. The Kier molecular flexibility index (Phi) is 3.25. The zero-order valence-corrected chi connectivity index (χ0v) is 9.98. The number of aromatic nitrogens is 2. The van der Waals surface area contributed by atoms with Crippen molar-refractivity contribution in [3.63, 3.8) is 0 Å². The molecule has 3 nitrogen and oxygen atoms in total. The summed E-state index contributed by atoms with van der Waals surface area (Å²) >= 11 is 2.90. The Morgan fingerprint density at radius 3 is 2.81 bits per heavy atom. The first kappa shape index (κ1) is 11.9. The predicted octanol–water partition coefficient (Wildman–Crippen LogP) is 2.59. The normalized spacial score (nSPS) is 22.4. The highest BCUT2D eigenvalue weighted by Crippen LogP contribution is 2.36. The number of halogens is 4. The predicted molar refractivity (Wildman–Crippen MR) is 56.1 cm³/mol. The highest BCUT2D eigenvalue weighted by molar-refractivity contribution is 9.10. The number of nitrogens with zero attached hydrogens (tertiary/aromatic N) is 2. The molecule has 0 bridgehead atoms. The first-order valence-corrected chi connectivity index (χ1v) is 5.80. The number of hydrogen-bond acceptors (Lipinski definition) is 2. The van der Waals surface area contributed by atoms with E-state index in [1.165, 1.54) is 6.20 Å². The summed E-state index contributed by atoms with van der Waals surface area (Å²) in [4.78, 5) is 0. The van der Waals surface area contributed by atoms with E-state index in [1.807, 2.05) is 0 Å². The fraction of sp³-hybridized carbons (Fsp3) is 0.667. The van der Waals surface area contributed by atoms with Crippen molar-refractivity contribution in [2.45, 2.75) is 25.1 Å². The summed E-state index contributed by atoms with van der Waals surface area (Å²) in [5, 5.41) is 6.89. The topological polar surface area (TPSA) is 29.9 Å². The SMILES string of the molecule is FC(F)(F)c1c(Br)cnn1C1CCCNC1. The number of rotatable bonds is 1. The molecule has 1 aromatic rings. The highest BCUT2D eigenvalue weighted by Gasteiger charge is 2.39. The van der Waals surface area contributed by atoms with Gasteiger partial charge in [-0.3, -0.25) is 4.68 Å². The largest absolute Gasteiger partial charge is 0.434 e. The van der Waals surface area contributed by atoms with Crippen LogP contribution >= 0.6 is 15.9 Å². The van der Waals surface area contributed by atoms with Crippen molar-refractivity contribution in [2.75, 3.05) is 13.1 Å². The minimum absolute atomic E-state index is 0.00516. The molecule has 16 heavy (non-hydrogen) atoms. The van der Waals surface area contributed by atoms with E-state index in [1.54, 1.807) is 0 Å². The van der Waals surface area contributed by atoms with Crippen LogP contribution < -0.4 is 5.32 Å². The summed E-state index contributed by atoms with van der Waals surface area (Å²) in [6.45, 7) is 1.40. The third-order valence-electron chi connectivity index (χ3n) is 2.64. The second-order valence-corrected chi connectivity index (χ2v) is 4.64. The van der Waals surface area contributed by atoms with E-state index in [4.69, 9.17) is 0 Å². The van der Waals surface area contributed by atoms with Crippen LogP contribution in [0.25, 0.3) is 0 Å². The molecule has 0 radical (unpaired) electrons. The van der Waals surface area contributed by atoms with Gasteiger partial charge in [0.05, 0.1) is 16.7 Å². The number of hydrogen-bond donors (Lipinski definition) is 1. The highest BCUT2D eigenvalue weighted by atomic mass is 79.9. The smallest absolute Gasteiger partial charge is 0.315 e. The molecule has 1 unspecified atom stereocenters. The monoisotopic (exact) mass is 297 g/mol. The second kappa shape index (κ2) is 4.37.